The van der Waals surface area contributed by atoms with Crippen LogP contribution >= 0.6 is 0 Å². The molecule has 7 nitrogen and oxygen atoms in total. The van der Waals surface area contributed by atoms with Gasteiger partial charge in [0.15, 0.2) is 0 Å². The van der Waals surface area contributed by atoms with E-state index in [2.05, 4.69) is 10.3 Å². The molecule has 0 saturated carbocycles. The summed E-state index contributed by atoms with van der Waals surface area (Å²) in [7, 11) is 0. The third kappa shape index (κ3) is 2.79. The molecule has 0 aliphatic rings. The summed E-state index contributed by atoms with van der Waals surface area (Å²) in [6.45, 7) is 1.32. The monoisotopic (exact) mass is 291 g/mol. The van der Waals surface area contributed by atoms with Gasteiger partial charge >= 0.3 is 0 Å². The molecule has 0 fully saturated rings. The Bertz CT molecular complexity index is 647. The number of nitro benzene ring substituents is 1. The minimum absolute atomic E-state index is 0.0289. The van der Waals surface area contributed by atoms with Crippen LogP contribution in [0.15, 0.2) is 30.5 Å². The van der Waals surface area contributed by atoms with E-state index in [1.807, 2.05) is 6.92 Å². The molecule has 1 aromatic carbocycles. The van der Waals surface area contributed by atoms with Gasteiger partial charge in [-0.1, -0.05) is 6.92 Å². The molecule has 0 unspecified atom stereocenters. The number of pyridine rings is 1. The Morgan fingerprint density at radius 2 is 2.05 bits per heavy atom. The van der Waals surface area contributed by atoms with E-state index in [0.717, 1.165) is 0 Å². The number of fused-ring (bicyclic) bond motifs is 1. The zero-order chi connectivity index (χ0) is 15.5. The van der Waals surface area contributed by atoms with Crippen LogP contribution in [0.1, 0.15) is 13.3 Å². The van der Waals surface area contributed by atoms with Crippen molar-refractivity contribution in [3.63, 3.8) is 0 Å². The second-order valence-electron chi connectivity index (χ2n) is 4.86. The van der Waals surface area contributed by atoms with Crippen molar-refractivity contribution in [2.75, 3.05) is 18.5 Å². The number of aromatic nitrogens is 1. The molecule has 0 radical (unpaired) electrons. The van der Waals surface area contributed by atoms with Crippen molar-refractivity contribution in [2.45, 2.75) is 18.9 Å². The van der Waals surface area contributed by atoms with Gasteiger partial charge in [0.2, 0.25) is 0 Å². The van der Waals surface area contributed by atoms with Crippen LogP contribution in [0.25, 0.3) is 10.9 Å². The molecule has 0 saturated heterocycles. The molecule has 21 heavy (non-hydrogen) atoms. The molecule has 0 spiro atoms. The van der Waals surface area contributed by atoms with Crippen LogP contribution in [0.4, 0.5) is 11.4 Å². The van der Waals surface area contributed by atoms with Gasteiger partial charge in [-0.3, -0.25) is 15.1 Å². The predicted molar refractivity (Wildman–Crippen MR) is 79.2 cm³/mol. The average molecular weight is 291 g/mol. The summed E-state index contributed by atoms with van der Waals surface area (Å²) in [6.07, 6.45) is 2.04. The van der Waals surface area contributed by atoms with E-state index < -0.39 is 10.5 Å². The standard InChI is InChI=1S/C14H17N3O4/c1-2-14(8-18,9-19)16-11-5-6-12(17(20)21)10-4-3-7-15-13(10)11/h3-7,16,18-19H,2,8-9H2,1H3. The molecule has 0 amide bonds. The molecule has 0 bridgehead atoms. The van der Waals surface area contributed by atoms with E-state index >= 15 is 0 Å². The van der Waals surface area contributed by atoms with Crippen LogP contribution in [-0.4, -0.2) is 38.9 Å². The van der Waals surface area contributed by atoms with Gasteiger partial charge in [0.25, 0.3) is 5.69 Å². The zero-order valence-electron chi connectivity index (χ0n) is 11.6. The number of non-ortho nitro benzene ring substituents is 1. The van der Waals surface area contributed by atoms with Crippen molar-refractivity contribution < 1.29 is 15.1 Å². The lowest BCUT2D eigenvalue weighted by atomic mass is 9.97. The fourth-order valence-corrected chi connectivity index (χ4v) is 2.14. The van der Waals surface area contributed by atoms with Crippen LogP contribution in [0.5, 0.6) is 0 Å². The van der Waals surface area contributed by atoms with Gasteiger partial charge in [0.05, 0.1) is 34.7 Å². The van der Waals surface area contributed by atoms with Gasteiger partial charge in [0.1, 0.15) is 5.52 Å². The number of hydrogen-bond acceptors (Lipinski definition) is 6. The lowest BCUT2D eigenvalue weighted by Crippen LogP contribution is -2.45. The molecule has 3 N–H and O–H groups in total. The van der Waals surface area contributed by atoms with Crippen LogP contribution in [0, 0.1) is 10.1 Å². The van der Waals surface area contributed by atoms with Crippen molar-refractivity contribution in [2.24, 2.45) is 0 Å². The predicted octanol–water partition coefficient (Wildman–Crippen LogP) is 1.69. The maximum absolute atomic E-state index is 11.1. The minimum atomic E-state index is -0.888. The van der Waals surface area contributed by atoms with Crippen molar-refractivity contribution in [1.82, 2.24) is 4.98 Å². The SMILES string of the molecule is CCC(CO)(CO)Nc1ccc([N+](=O)[O-])c2cccnc12. The first-order chi connectivity index (χ1) is 10.1. The number of rotatable bonds is 6. The average Bonchev–Trinajstić information content (AvgIpc) is 2.52. The summed E-state index contributed by atoms with van der Waals surface area (Å²) in [5.74, 6) is 0. The minimum Gasteiger partial charge on any atom is -0.394 e. The lowest BCUT2D eigenvalue weighted by molar-refractivity contribution is -0.383. The third-order valence-electron chi connectivity index (χ3n) is 3.63. The highest BCUT2D eigenvalue weighted by Gasteiger charge is 2.27. The topological polar surface area (TPSA) is 109 Å². The fraction of sp³-hybridized carbons (Fsp3) is 0.357. The Hall–Kier alpha value is -2.25. The van der Waals surface area contributed by atoms with Crippen LogP contribution in [-0.2, 0) is 0 Å². The van der Waals surface area contributed by atoms with Gasteiger partial charge in [-0.15, -0.1) is 0 Å². The second kappa shape index (κ2) is 6.02. The summed E-state index contributed by atoms with van der Waals surface area (Å²) < 4.78 is 0. The summed E-state index contributed by atoms with van der Waals surface area (Å²) in [6, 6.07) is 6.19. The van der Waals surface area contributed by atoms with E-state index in [1.165, 1.54) is 6.07 Å². The zero-order valence-corrected chi connectivity index (χ0v) is 11.6. The molecule has 2 aromatic rings. The molecule has 0 aliphatic carbocycles. The number of aliphatic hydroxyl groups is 2. The molecule has 1 aromatic heterocycles. The quantitative estimate of drug-likeness (QED) is 0.552. The van der Waals surface area contributed by atoms with Gasteiger partial charge < -0.3 is 15.5 Å². The maximum Gasteiger partial charge on any atom is 0.278 e. The Labute approximate surface area is 121 Å². The van der Waals surface area contributed by atoms with E-state index in [0.29, 0.717) is 23.0 Å². The first kappa shape index (κ1) is 15.1. The van der Waals surface area contributed by atoms with Crippen molar-refractivity contribution in [3.8, 4) is 0 Å². The normalized spacial score (nSPS) is 11.6. The fourth-order valence-electron chi connectivity index (χ4n) is 2.14. The van der Waals surface area contributed by atoms with Gasteiger partial charge in [-0.25, -0.2) is 0 Å². The Morgan fingerprint density at radius 3 is 2.62 bits per heavy atom. The third-order valence-corrected chi connectivity index (χ3v) is 3.63. The summed E-state index contributed by atoms with van der Waals surface area (Å²) in [5.41, 5.74) is 0.0620. The van der Waals surface area contributed by atoms with E-state index in [4.69, 9.17) is 0 Å². The lowest BCUT2D eigenvalue weighted by Gasteiger charge is -2.31. The highest BCUT2D eigenvalue weighted by atomic mass is 16.6. The molecule has 0 atom stereocenters. The molecule has 0 aliphatic heterocycles. The Morgan fingerprint density at radius 1 is 1.33 bits per heavy atom. The Kier molecular flexibility index (Phi) is 4.35. The molecule has 2 rings (SSSR count). The van der Waals surface area contributed by atoms with Gasteiger partial charge in [-0.05, 0) is 24.6 Å². The number of benzene rings is 1. The molecular formula is C14H17N3O4. The first-order valence-electron chi connectivity index (χ1n) is 6.59. The highest BCUT2D eigenvalue weighted by molar-refractivity contribution is 5.96. The van der Waals surface area contributed by atoms with Gasteiger partial charge in [-0.2, -0.15) is 0 Å². The molecule has 1 heterocycles. The van der Waals surface area contributed by atoms with Crippen molar-refractivity contribution in [1.29, 1.82) is 0 Å². The number of nitro groups is 1. The van der Waals surface area contributed by atoms with E-state index in [1.54, 1.807) is 24.4 Å². The molecule has 7 heteroatoms. The number of hydrogen-bond donors (Lipinski definition) is 3. The summed E-state index contributed by atoms with van der Waals surface area (Å²) >= 11 is 0. The van der Waals surface area contributed by atoms with Crippen molar-refractivity contribution >= 4 is 22.3 Å². The van der Waals surface area contributed by atoms with Crippen LogP contribution in [0.3, 0.4) is 0 Å². The largest absolute Gasteiger partial charge is 0.394 e. The van der Waals surface area contributed by atoms with E-state index in [-0.39, 0.29) is 18.9 Å². The molecule has 112 valence electrons. The second-order valence-corrected chi connectivity index (χ2v) is 4.86. The smallest absolute Gasteiger partial charge is 0.278 e. The number of nitrogens with one attached hydrogen (secondary N) is 1. The first-order valence-corrected chi connectivity index (χ1v) is 6.59. The van der Waals surface area contributed by atoms with E-state index in [9.17, 15) is 20.3 Å². The maximum atomic E-state index is 11.1. The Balaban J connectivity index is 2.56. The van der Waals surface area contributed by atoms with Gasteiger partial charge in [0, 0.05) is 12.3 Å². The summed E-state index contributed by atoms with van der Waals surface area (Å²) in [5, 5.41) is 33.5. The number of nitrogens with zero attached hydrogens (tertiary/aromatic N) is 2. The summed E-state index contributed by atoms with van der Waals surface area (Å²) in [4.78, 5) is 14.8. The highest BCUT2D eigenvalue weighted by Crippen LogP contribution is 2.31. The van der Waals surface area contributed by atoms with Crippen molar-refractivity contribution in [3.05, 3.63) is 40.6 Å². The van der Waals surface area contributed by atoms with Crippen LogP contribution in [0.2, 0.25) is 0 Å². The number of aliphatic hydroxyl groups excluding tert-OH is 2. The van der Waals surface area contributed by atoms with Crippen LogP contribution < -0.4 is 5.32 Å². The number of anilines is 1. The molecular weight excluding hydrogens is 274 g/mol.